The van der Waals surface area contributed by atoms with Gasteiger partial charge in [0.05, 0.1) is 5.75 Å². The maximum atomic E-state index is 12.7. The number of halogens is 3. The molecular formula is C19H18F3N5O2S. The van der Waals surface area contributed by atoms with Crippen molar-refractivity contribution in [2.75, 3.05) is 17.2 Å². The Hall–Kier alpha value is -3.21. The Morgan fingerprint density at radius 2 is 1.70 bits per heavy atom. The standard InChI is InChI=1S/C19H18F3N5O2S/c1-10-7-14(15(28)9-30-18-25-16(23)8-17(24)26-18)11(2)27(10)12-3-5-13(6-4-12)29-19(20,21)22/h3-8H,9H2,1-2H3,(H4,23,24,25,26). The second kappa shape index (κ2) is 8.27. The number of nitrogen functional groups attached to an aromatic ring is 2. The molecule has 1 aromatic carbocycles. The molecule has 7 nitrogen and oxygen atoms in total. The van der Waals surface area contributed by atoms with Crippen molar-refractivity contribution < 1.29 is 22.7 Å². The highest BCUT2D eigenvalue weighted by Gasteiger charge is 2.31. The molecule has 158 valence electrons. The Labute approximate surface area is 174 Å². The van der Waals surface area contributed by atoms with Crippen molar-refractivity contribution in [2.24, 2.45) is 0 Å². The van der Waals surface area contributed by atoms with Gasteiger partial charge in [-0.2, -0.15) is 0 Å². The van der Waals surface area contributed by atoms with Crippen LogP contribution in [0.25, 0.3) is 5.69 Å². The van der Waals surface area contributed by atoms with E-state index in [1.165, 1.54) is 30.3 Å². The zero-order valence-corrected chi connectivity index (χ0v) is 16.8. The Balaban J connectivity index is 1.78. The zero-order valence-electron chi connectivity index (χ0n) is 16.0. The molecule has 0 saturated heterocycles. The maximum Gasteiger partial charge on any atom is 0.573 e. The van der Waals surface area contributed by atoms with Gasteiger partial charge in [-0.25, -0.2) is 9.97 Å². The summed E-state index contributed by atoms with van der Waals surface area (Å²) in [7, 11) is 0. The number of carbonyl (C=O) groups excluding carboxylic acids is 1. The van der Waals surface area contributed by atoms with Gasteiger partial charge < -0.3 is 20.8 Å². The molecule has 0 aliphatic rings. The Morgan fingerprint density at radius 1 is 1.10 bits per heavy atom. The van der Waals surface area contributed by atoms with Crippen LogP contribution < -0.4 is 16.2 Å². The van der Waals surface area contributed by atoms with Gasteiger partial charge in [-0.3, -0.25) is 4.79 Å². The van der Waals surface area contributed by atoms with Gasteiger partial charge in [-0.1, -0.05) is 11.8 Å². The van der Waals surface area contributed by atoms with Gasteiger partial charge in [0.2, 0.25) is 0 Å². The van der Waals surface area contributed by atoms with E-state index in [1.807, 2.05) is 0 Å². The molecule has 30 heavy (non-hydrogen) atoms. The Kier molecular flexibility index (Phi) is 5.92. The molecule has 0 unspecified atom stereocenters. The number of hydrogen-bond acceptors (Lipinski definition) is 7. The summed E-state index contributed by atoms with van der Waals surface area (Å²) in [5.74, 6) is 0.0388. The first-order valence-electron chi connectivity index (χ1n) is 8.64. The summed E-state index contributed by atoms with van der Waals surface area (Å²) in [5, 5.41) is 0.301. The minimum absolute atomic E-state index is 0.0749. The number of benzene rings is 1. The monoisotopic (exact) mass is 437 g/mol. The van der Waals surface area contributed by atoms with Gasteiger partial charge in [0.15, 0.2) is 10.9 Å². The van der Waals surface area contributed by atoms with Crippen LogP contribution in [0.1, 0.15) is 21.7 Å². The highest BCUT2D eigenvalue weighted by atomic mass is 32.2. The predicted molar refractivity (Wildman–Crippen MR) is 108 cm³/mol. The molecule has 0 aliphatic carbocycles. The average Bonchev–Trinajstić information content (AvgIpc) is 2.93. The number of Topliss-reactive ketones (excluding diaryl/α,β-unsaturated/α-hetero) is 1. The number of ether oxygens (including phenoxy) is 1. The fourth-order valence-electron chi connectivity index (χ4n) is 2.97. The number of anilines is 2. The van der Waals surface area contributed by atoms with Crippen molar-refractivity contribution >= 4 is 29.2 Å². The molecule has 0 bridgehead atoms. The number of alkyl halides is 3. The quantitative estimate of drug-likeness (QED) is 0.342. The first-order valence-corrected chi connectivity index (χ1v) is 9.63. The van der Waals surface area contributed by atoms with Gasteiger partial charge in [0, 0.05) is 28.7 Å². The lowest BCUT2D eigenvalue weighted by Crippen LogP contribution is -2.17. The number of nitrogens with two attached hydrogens (primary N) is 2. The lowest BCUT2D eigenvalue weighted by molar-refractivity contribution is -0.274. The van der Waals surface area contributed by atoms with Crippen LogP contribution in [-0.4, -0.2) is 32.4 Å². The van der Waals surface area contributed by atoms with Gasteiger partial charge in [-0.05, 0) is 44.2 Å². The third-order valence-electron chi connectivity index (χ3n) is 4.14. The molecule has 3 aromatic rings. The molecule has 3 rings (SSSR count). The number of ketones is 1. The summed E-state index contributed by atoms with van der Waals surface area (Å²) in [5.41, 5.74) is 13.8. The SMILES string of the molecule is Cc1cc(C(=O)CSc2nc(N)cc(N)n2)c(C)n1-c1ccc(OC(F)(F)F)cc1. The van der Waals surface area contributed by atoms with E-state index in [0.29, 0.717) is 22.1 Å². The molecular weight excluding hydrogens is 419 g/mol. The number of nitrogens with zero attached hydrogens (tertiary/aromatic N) is 3. The number of aryl methyl sites for hydroxylation is 1. The van der Waals surface area contributed by atoms with E-state index in [2.05, 4.69) is 14.7 Å². The van der Waals surface area contributed by atoms with Crippen molar-refractivity contribution in [1.29, 1.82) is 0 Å². The van der Waals surface area contributed by atoms with Gasteiger partial charge in [0.25, 0.3) is 0 Å². The normalized spacial score (nSPS) is 11.5. The van der Waals surface area contributed by atoms with E-state index in [1.54, 1.807) is 24.5 Å². The van der Waals surface area contributed by atoms with E-state index < -0.39 is 6.36 Å². The largest absolute Gasteiger partial charge is 0.573 e. The van der Waals surface area contributed by atoms with E-state index in [0.717, 1.165) is 17.5 Å². The molecule has 4 N–H and O–H groups in total. The van der Waals surface area contributed by atoms with Crippen molar-refractivity contribution in [3.05, 3.63) is 53.3 Å². The van der Waals surface area contributed by atoms with Crippen LogP contribution in [0.4, 0.5) is 24.8 Å². The van der Waals surface area contributed by atoms with Crippen LogP contribution in [0.2, 0.25) is 0 Å². The van der Waals surface area contributed by atoms with Crippen molar-refractivity contribution in [2.45, 2.75) is 25.4 Å². The zero-order chi connectivity index (χ0) is 22.1. The van der Waals surface area contributed by atoms with Crippen molar-refractivity contribution in [3.8, 4) is 11.4 Å². The second-order valence-electron chi connectivity index (χ2n) is 6.37. The molecule has 0 saturated carbocycles. The lowest BCUT2D eigenvalue weighted by atomic mass is 10.2. The summed E-state index contributed by atoms with van der Waals surface area (Å²) in [6.07, 6.45) is -4.75. The third-order valence-corrected chi connectivity index (χ3v) is 4.98. The van der Waals surface area contributed by atoms with Crippen molar-refractivity contribution in [3.63, 3.8) is 0 Å². The van der Waals surface area contributed by atoms with Crippen LogP contribution >= 0.6 is 11.8 Å². The smallest absolute Gasteiger partial charge is 0.406 e. The Bertz CT molecular complexity index is 1060. The number of rotatable bonds is 6. The number of hydrogen-bond donors (Lipinski definition) is 2. The highest BCUT2D eigenvalue weighted by Crippen LogP contribution is 2.27. The summed E-state index contributed by atoms with van der Waals surface area (Å²) in [4.78, 5) is 20.8. The number of carbonyl (C=O) groups is 1. The second-order valence-corrected chi connectivity index (χ2v) is 7.32. The topological polar surface area (TPSA) is 109 Å². The molecule has 2 aromatic heterocycles. The predicted octanol–water partition coefficient (Wildman–Crippen LogP) is 3.92. The van der Waals surface area contributed by atoms with Crippen LogP contribution in [0.3, 0.4) is 0 Å². The van der Waals surface area contributed by atoms with E-state index >= 15 is 0 Å². The van der Waals surface area contributed by atoms with Crippen molar-refractivity contribution in [1.82, 2.24) is 14.5 Å². The lowest BCUT2D eigenvalue weighted by Gasteiger charge is -2.12. The summed E-state index contributed by atoms with van der Waals surface area (Å²) in [6, 6.07) is 8.58. The maximum absolute atomic E-state index is 12.7. The van der Waals surface area contributed by atoms with Gasteiger partial charge >= 0.3 is 6.36 Å². The van der Waals surface area contributed by atoms with Crippen LogP contribution in [-0.2, 0) is 0 Å². The van der Waals surface area contributed by atoms with Gasteiger partial charge in [-0.15, -0.1) is 13.2 Å². The van der Waals surface area contributed by atoms with Crippen LogP contribution in [0, 0.1) is 13.8 Å². The average molecular weight is 437 g/mol. The Morgan fingerprint density at radius 3 is 2.27 bits per heavy atom. The van der Waals surface area contributed by atoms with Crippen LogP contribution in [0.15, 0.2) is 41.6 Å². The fraction of sp³-hybridized carbons (Fsp3) is 0.211. The van der Waals surface area contributed by atoms with E-state index in [4.69, 9.17) is 11.5 Å². The first-order chi connectivity index (χ1) is 14.0. The molecule has 2 heterocycles. The van der Waals surface area contributed by atoms with E-state index in [-0.39, 0.29) is 28.9 Å². The minimum atomic E-state index is -4.75. The summed E-state index contributed by atoms with van der Waals surface area (Å²) >= 11 is 1.11. The highest BCUT2D eigenvalue weighted by molar-refractivity contribution is 7.99. The molecule has 0 spiro atoms. The van der Waals surface area contributed by atoms with E-state index in [9.17, 15) is 18.0 Å². The molecule has 11 heteroatoms. The molecule has 0 atom stereocenters. The molecule has 0 radical (unpaired) electrons. The fourth-order valence-corrected chi connectivity index (χ4v) is 3.73. The number of aromatic nitrogens is 3. The first kappa shape index (κ1) is 21.5. The molecule has 0 aliphatic heterocycles. The minimum Gasteiger partial charge on any atom is -0.406 e. The number of thioether (sulfide) groups is 1. The third kappa shape index (κ3) is 5.03. The van der Waals surface area contributed by atoms with Crippen LogP contribution in [0.5, 0.6) is 5.75 Å². The molecule has 0 amide bonds. The summed E-state index contributed by atoms with van der Waals surface area (Å²) < 4.78 is 42.7. The van der Waals surface area contributed by atoms with Gasteiger partial charge in [0.1, 0.15) is 17.4 Å². The summed E-state index contributed by atoms with van der Waals surface area (Å²) in [6.45, 7) is 3.57. The molecule has 0 fully saturated rings.